The van der Waals surface area contributed by atoms with Gasteiger partial charge in [-0.3, -0.25) is 0 Å². The maximum atomic E-state index is 13.6. The Balaban J connectivity index is 1.99. The predicted octanol–water partition coefficient (Wildman–Crippen LogP) is 3.49. The van der Waals surface area contributed by atoms with Crippen molar-refractivity contribution >= 4 is 0 Å². The van der Waals surface area contributed by atoms with Crippen LogP contribution >= 0.6 is 0 Å². The van der Waals surface area contributed by atoms with Crippen LogP contribution in [-0.2, 0) is 19.1 Å². The third-order valence-electron chi connectivity index (χ3n) is 3.45. The summed E-state index contributed by atoms with van der Waals surface area (Å²) in [5, 5.41) is 3.19. The topological polar surface area (TPSA) is 27.8 Å². The van der Waals surface area contributed by atoms with Gasteiger partial charge in [0.25, 0.3) is 0 Å². The minimum Gasteiger partial charge on any atom is -0.357 e. The molecule has 2 aromatic rings. The van der Waals surface area contributed by atoms with Crippen molar-refractivity contribution in [3.63, 3.8) is 0 Å². The van der Waals surface area contributed by atoms with Crippen LogP contribution < -0.4 is 5.32 Å². The van der Waals surface area contributed by atoms with Crippen LogP contribution in [0.2, 0.25) is 0 Å². The third-order valence-corrected chi connectivity index (χ3v) is 3.45. The average Bonchev–Trinajstić information content (AvgIpc) is 2.80. The van der Waals surface area contributed by atoms with Crippen molar-refractivity contribution in [1.82, 2.24) is 10.3 Å². The highest BCUT2D eigenvalue weighted by Crippen LogP contribution is 2.33. The maximum absolute atomic E-state index is 13.6. The summed E-state index contributed by atoms with van der Waals surface area (Å²) >= 11 is 0. The quantitative estimate of drug-likeness (QED) is 0.771. The molecule has 2 heterocycles. The van der Waals surface area contributed by atoms with Gasteiger partial charge in [0.15, 0.2) is 0 Å². The van der Waals surface area contributed by atoms with Crippen LogP contribution in [0.3, 0.4) is 0 Å². The van der Waals surface area contributed by atoms with E-state index >= 15 is 0 Å². The molecule has 1 aromatic heterocycles. The summed E-state index contributed by atoms with van der Waals surface area (Å²) in [5.74, 6) is -1.25. The molecule has 3 rings (SSSR count). The molecule has 0 bridgehead atoms. The number of hydrogen-bond acceptors (Lipinski definition) is 1. The highest BCUT2D eigenvalue weighted by molar-refractivity contribution is 5.62. The second-order valence-electron chi connectivity index (χ2n) is 4.81. The van der Waals surface area contributed by atoms with Crippen molar-refractivity contribution in [1.29, 1.82) is 0 Å². The molecule has 0 atom stereocenters. The van der Waals surface area contributed by atoms with Crippen molar-refractivity contribution in [2.45, 2.75) is 19.1 Å². The molecular formula is C14H12F4N2. The highest BCUT2D eigenvalue weighted by Gasteiger charge is 2.34. The smallest absolute Gasteiger partial charge is 0.357 e. The Morgan fingerprint density at radius 3 is 2.55 bits per heavy atom. The summed E-state index contributed by atoms with van der Waals surface area (Å²) in [5.41, 5.74) is 1.96. The first kappa shape index (κ1) is 13.2. The lowest BCUT2D eigenvalue weighted by Gasteiger charge is -2.11. The third kappa shape index (κ3) is 2.31. The van der Waals surface area contributed by atoms with E-state index in [2.05, 4.69) is 10.3 Å². The molecule has 20 heavy (non-hydrogen) atoms. The number of H-pyrrole nitrogens is 1. The summed E-state index contributed by atoms with van der Waals surface area (Å²) in [7, 11) is 0. The summed E-state index contributed by atoms with van der Waals surface area (Å²) in [4.78, 5) is 3.12. The predicted molar refractivity (Wildman–Crippen MR) is 66.6 cm³/mol. The van der Waals surface area contributed by atoms with E-state index in [1.807, 2.05) is 6.07 Å². The van der Waals surface area contributed by atoms with Crippen molar-refractivity contribution < 1.29 is 17.6 Å². The standard InChI is InChI=1S/C14H12F4N2/c15-11-5-8(1-2-10(11)14(16,17)18)12-6-9-3-4-19-7-13(9)20-12/h1-2,5-6,19-20H,3-4,7H2. The van der Waals surface area contributed by atoms with Crippen LogP contribution in [0.15, 0.2) is 24.3 Å². The number of aromatic nitrogens is 1. The number of nitrogens with one attached hydrogen (secondary N) is 2. The Morgan fingerprint density at radius 2 is 1.90 bits per heavy atom. The molecule has 106 valence electrons. The van der Waals surface area contributed by atoms with Crippen LogP contribution in [0.1, 0.15) is 16.8 Å². The van der Waals surface area contributed by atoms with E-state index in [9.17, 15) is 17.6 Å². The molecule has 0 aliphatic carbocycles. The van der Waals surface area contributed by atoms with Gasteiger partial charge in [-0.1, -0.05) is 6.07 Å². The van der Waals surface area contributed by atoms with Gasteiger partial charge in [-0.25, -0.2) is 4.39 Å². The SMILES string of the molecule is Fc1cc(-c2cc3c([nH]2)CNCC3)ccc1C(F)(F)F. The Kier molecular flexibility index (Phi) is 3.05. The average molecular weight is 284 g/mol. The summed E-state index contributed by atoms with van der Waals surface area (Å²) in [6, 6.07) is 4.87. The molecule has 0 spiro atoms. The Bertz CT molecular complexity index is 620. The molecule has 0 unspecified atom stereocenters. The largest absolute Gasteiger partial charge is 0.419 e. The molecule has 0 amide bonds. The molecule has 6 heteroatoms. The molecule has 2 N–H and O–H groups in total. The van der Waals surface area contributed by atoms with Crippen LogP contribution in [0.25, 0.3) is 11.3 Å². The highest BCUT2D eigenvalue weighted by atomic mass is 19.4. The zero-order chi connectivity index (χ0) is 14.3. The van der Waals surface area contributed by atoms with E-state index in [1.165, 1.54) is 6.07 Å². The lowest BCUT2D eigenvalue weighted by Crippen LogP contribution is -2.22. The second kappa shape index (κ2) is 4.63. The fourth-order valence-corrected chi connectivity index (χ4v) is 2.43. The first-order valence-electron chi connectivity index (χ1n) is 6.24. The van der Waals surface area contributed by atoms with Crippen molar-refractivity contribution in [3.05, 3.63) is 46.9 Å². The lowest BCUT2D eigenvalue weighted by atomic mass is 10.1. The van der Waals surface area contributed by atoms with E-state index < -0.39 is 17.6 Å². The van der Waals surface area contributed by atoms with E-state index in [0.717, 1.165) is 36.4 Å². The molecule has 0 radical (unpaired) electrons. The van der Waals surface area contributed by atoms with Crippen molar-refractivity contribution in [2.75, 3.05) is 6.54 Å². The molecule has 1 aliphatic heterocycles. The molecule has 1 aliphatic rings. The first-order chi connectivity index (χ1) is 9.45. The molecule has 1 aromatic carbocycles. The number of rotatable bonds is 1. The minimum absolute atomic E-state index is 0.421. The Morgan fingerprint density at radius 1 is 1.10 bits per heavy atom. The number of halogens is 4. The fraction of sp³-hybridized carbons (Fsp3) is 0.286. The summed E-state index contributed by atoms with van der Waals surface area (Å²) in [6.07, 6.45) is -3.81. The van der Waals surface area contributed by atoms with Gasteiger partial charge in [-0.05, 0) is 36.7 Å². The van der Waals surface area contributed by atoms with E-state index in [0.29, 0.717) is 17.8 Å². The number of aromatic amines is 1. The monoisotopic (exact) mass is 284 g/mol. The number of benzene rings is 1. The second-order valence-corrected chi connectivity index (χ2v) is 4.81. The van der Waals surface area contributed by atoms with Crippen molar-refractivity contribution in [3.8, 4) is 11.3 Å². The molecule has 0 fully saturated rings. The van der Waals surface area contributed by atoms with Crippen LogP contribution in [0.4, 0.5) is 17.6 Å². The molecular weight excluding hydrogens is 272 g/mol. The molecule has 2 nitrogen and oxygen atoms in total. The maximum Gasteiger partial charge on any atom is 0.419 e. The minimum atomic E-state index is -4.67. The van der Waals surface area contributed by atoms with E-state index in [-0.39, 0.29) is 0 Å². The Labute approximate surface area is 112 Å². The molecule has 0 saturated carbocycles. The van der Waals surface area contributed by atoms with Gasteiger partial charge >= 0.3 is 6.18 Å². The van der Waals surface area contributed by atoms with Gasteiger partial charge in [0.2, 0.25) is 0 Å². The van der Waals surface area contributed by atoms with E-state index in [4.69, 9.17) is 0 Å². The van der Waals surface area contributed by atoms with Gasteiger partial charge in [0.05, 0.1) is 5.56 Å². The number of hydrogen-bond donors (Lipinski definition) is 2. The zero-order valence-electron chi connectivity index (χ0n) is 10.4. The summed E-state index contributed by atoms with van der Waals surface area (Å²) < 4.78 is 51.1. The van der Waals surface area contributed by atoms with Gasteiger partial charge in [0, 0.05) is 23.5 Å². The van der Waals surface area contributed by atoms with Gasteiger partial charge in [0.1, 0.15) is 5.82 Å². The fourth-order valence-electron chi connectivity index (χ4n) is 2.43. The Hall–Kier alpha value is -1.82. The number of fused-ring (bicyclic) bond motifs is 1. The van der Waals surface area contributed by atoms with Gasteiger partial charge in [-0.15, -0.1) is 0 Å². The normalized spacial score (nSPS) is 15.2. The first-order valence-corrected chi connectivity index (χ1v) is 6.24. The van der Waals surface area contributed by atoms with E-state index in [1.54, 1.807) is 0 Å². The lowest BCUT2D eigenvalue weighted by molar-refractivity contribution is -0.139. The number of alkyl halides is 3. The van der Waals surface area contributed by atoms with Crippen molar-refractivity contribution in [2.24, 2.45) is 0 Å². The van der Waals surface area contributed by atoms with Crippen LogP contribution in [-0.4, -0.2) is 11.5 Å². The summed E-state index contributed by atoms with van der Waals surface area (Å²) in [6.45, 7) is 1.56. The van der Waals surface area contributed by atoms with Crippen LogP contribution in [0, 0.1) is 5.82 Å². The zero-order valence-corrected chi connectivity index (χ0v) is 10.4. The van der Waals surface area contributed by atoms with Gasteiger partial charge in [-0.2, -0.15) is 13.2 Å². The van der Waals surface area contributed by atoms with Gasteiger partial charge < -0.3 is 10.3 Å². The molecule has 0 saturated heterocycles. The van der Waals surface area contributed by atoms with Crippen LogP contribution in [0.5, 0.6) is 0 Å².